The molecule has 0 heterocycles. The zero-order valence-corrected chi connectivity index (χ0v) is 9.06. The molecule has 3 N–H and O–H groups in total. The number of hydrogen-bond donors (Lipinski definition) is 3. The lowest BCUT2D eigenvalue weighted by Gasteiger charge is -2.20. The minimum atomic E-state index is -0.637. The Bertz CT molecular complexity index is 157. The molecule has 0 aromatic carbocycles. The van der Waals surface area contributed by atoms with Crippen LogP contribution in [0.1, 0.15) is 33.1 Å². The van der Waals surface area contributed by atoms with Gasteiger partial charge in [-0.05, 0) is 25.2 Å². The van der Waals surface area contributed by atoms with Crippen molar-refractivity contribution in [1.29, 1.82) is 0 Å². The molecule has 0 aliphatic heterocycles. The lowest BCUT2D eigenvalue weighted by Crippen LogP contribution is -2.25. The molecule has 0 saturated carbocycles. The predicted octanol–water partition coefficient (Wildman–Crippen LogP) is 1.08. The van der Waals surface area contributed by atoms with Crippen LogP contribution in [-0.4, -0.2) is 33.6 Å². The van der Waals surface area contributed by atoms with Crippen molar-refractivity contribution in [2.45, 2.75) is 51.4 Å². The fourth-order valence-corrected chi connectivity index (χ4v) is 1.25. The maximum Gasteiger partial charge on any atom is 0.0599 e. The van der Waals surface area contributed by atoms with Crippen molar-refractivity contribution in [2.75, 3.05) is 0 Å². The van der Waals surface area contributed by atoms with Crippen LogP contribution in [0, 0.1) is 5.92 Å². The maximum atomic E-state index is 9.51. The summed E-state index contributed by atoms with van der Waals surface area (Å²) in [4.78, 5) is 0. The van der Waals surface area contributed by atoms with E-state index in [-0.39, 0.29) is 5.92 Å². The Morgan fingerprint density at radius 2 is 1.64 bits per heavy atom. The Hall–Kier alpha value is -0.380. The number of aliphatic hydroxyl groups excluding tert-OH is 3. The van der Waals surface area contributed by atoms with Gasteiger partial charge in [-0.2, -0.15) is 0 Å². The molecule has 14 heavy (non-hydrogen) atoms. The molecule has 3 heteroatoms. The van der Waals surface area contributed by atoms with E-state index in [2.05, 4.69) is 6.58 Å². The van der Waals surface area contributed by atoms with Crippen molar-refractivity contribution in [3.05, 3.63) is 12.7 Å². The van der Waals surface area contributed by atoms with E-state index in [0.29, 0.717) is 19.3 Å². The molecule has 3 nitrogen and oxygen atoms in total. The minimum Gasteiger partial charge on any atom is -0.393 e. The van der Waals surface area contributed by atoms with E-state index in [1.54, 1.807) is 6.08 Å². The average Bonchev–Trinajstić information content (AvgIpc) is 2.03. The van der Waals surface area contributed by atoms with Gasteiger partial charge in [-0.25, -0.2) is 0 Å². The molecule has 0 saturated heterocycles. The van der Waals surface area contributed by atoms with Gasteiger partial charge in [0.15, 0.2) is 0 Å². The topological polar surface area (TPSA) is 60.7 Å². The van der Waals surface area contributed by atoms with Crippen molar-refractivity contribution < 1.29 is 15.3 Å². The summed E-state index contributed by atoms with van der Waals surface area (Å²) < 4.78 is 0. The number of aliphatic hydroxyl groups is 3. The van der Waals surface area contributed by atoms with Crippen LogP contribution in [0.2, 0.25) is 0 Å². The average molecular weight is 202 g/mol. The highest BCUT2D eigenvalue weighted by Crippen LogP contribution is 2.13. The van der Waals surface area contributed by atoms with Gasteiger partial charge in [0.2, 0.25) is 0 Å². The lowest BCUT2D eigenvalue weighted by atomic mass is 9.97. The van der Waals surface area contributed by atoms with Gasteiger partial charge in [0.25, 0.3) is 0 Å². The van der Waals surface area contributed by atoms with E-state index in [0.717, 1.165) is 0 Å². The molecule has 84 valence electrons. The number of hydrogen-bond acceptors (Lipinski definition) is 3. The second-order valence-corrected chi connectivity index (χ2v) is 4.11. The second-order valence-electron chi connectivity index (χ2n) is 4.11. The summed E-state index contributed by atoms with van der Waals surface area (Å²) in [5, 5.41) is 28.3. The second kappa shape index (κ2) is 6.98. The van der Waals surface area contributed by atoms with Gasteiger partial charge in [-0.15, -0.1) is 6.58 Å². The lowest BCUT2D eigenvalue weighted by molar-refractivity contribution is 0.0252. The Morgan fingerprint density at radius 3 is 2.07 bits per heavy atom. The summed E-state index contributed by atoms with van der Waals surface area (Å²) in [6.45, 7) is 7.31. The van der Waals surface area contributed by atoms with E-state index in [4.69, 9.17) is 0 Å². The monoisotopic (exact) mass is 202 g/mol. The number of rotatable bonds is 7. The van der Waals surface area contributed by atoms with Gasteiger partial charge in [-0.1, -0.05) is 19.9 Å². The van der Waals surface area contributed by atoms with Crippen molar-refractivity contribution in [1.82, 2.24) is 0 Å². The molecule has 0 aromatic heterocycles. The molecule has 0 rings (SSSR count). The van der Waals surface area contributed by atoms with Gasteiger partial charge < -0.3 is 15.3 Å². The first-order valence-electron chi connectivity index (χ1n) is 5.12. The Kier molecular flexibility index (Phi) is 6.79. The van der Waals surface area contributed by atoms with E-state index < -0.39 is 18.3 Å². The van der Waals surface area contributed by atoms with Gasteiger partial charge >= 0.3 is 0 Å². The molecule has 0 aromatic rings. The first-order valence-corrected chi connectivity index (χ1v) is 5.12. The van der Waals surface area contributed by atoms with Gasteiger partial charge in [0, 0.05) is 0 Å². The first-order chi connectivity index (χ1) is 6.47. The molecule has 0 radical (unpaired) electrons. The fourth-order valence-electron chi connectivity index (χ4n) is 1.25. The molecule has 0 aliphatic carbocycles. The zero-order chi connectivity index (χ0) is 11.1. The third-order valence-corrected chi connectivity index (χ3v) is 2.27. The summed E-state index contributed by atoms with van der Waals surface area (Å²) in [6, 6.07) is 0. The van der Waals surface area contributed by atoms with Crippen molar-refractivity contribution in [2.24, 2.45) is 5.92 Å². The van der Waals surface area contributed by atoms with Crippen LogP contribution in [0.15, 0.2) is 12.7 Å². The highest BCUT2D eigenvalue weighted by molar-refractivity contribution is 4.76. The highest BCUT2D eigenvalue weighted by Gasteiger charge is 2.17. The molecular weight excluding hydrogens is 180 g/mol. The van der Waals surface area contributed by atoms with Crippen LogP contribution in [0.25, 0.3) is 0 Å². The molecule has 0 fully saturated rings. The summed E-state index contributed by atoms with van der Waals surface area (Å²) in [6.07, 6.45) is 1.04. The fraction of sp³-hybridized carbons (Fsp3) is 0.818. The van der Waals surface area contributed by atoms with Crippen LogP contribution >= 0.6 is 0 Å². The van der Waals surface area contributed by atoms with Gasteiger partial charge in [0.05, 0.1) is 18.3 Å². The van der Waals surface area contributed by atoms with Crippen LogP contribution in [0.3, 0.4) is 0 Å². The molecule has 0 aliphatic rings. The largest absolute Gasteiger partial charge is 0.393 e. The summed E-state index contributed by atoms with van der Waals surface area (Å²) >= 11 is 0. The van der Waals surface area contributed by atoms with Gasteiger partial charge in [0.1, 0.15) is 0 Å². The Balaban J connectivity index is 3.73. The summed E-state index contributed by atoms with van der Waals surface area (Å²) in [5.41, 5.74) is 0. The predicted molar refractivity (Wildman–Crippen MR) is 56.9 cm³/mol. The summed E-state index contributed by atoms with van der Waals surface area (Å²) in [7, 11) is 0. The smallest absolute Gasteiger partial charge is 0.0599 e. The van der Waals surface area contributed by atoms with Crippen molar-refractivity contribution >= 4 is 0 Å². The normalized spacial score (nSPS) is 17.9. The van der Waals surface area contributed by atoms with E-state index in [1.165, 1.54) is 0 Å². The first kappa shape index (κ1) is 13.6. The molecule has 0 bridgehead atoms. The van der Waals surface area contributed by atoms with E-state index >= 15 is 0 Å². The SMILES string of the molecule is C=CC[C@H](O)C[C@H](O)C[C@H](O)C(C)C. The van der Waals surface area contributed by atoms with Gasteiger partial charge in [-0.3, -0.25) is 0 Å². The van der Waals surface area contributed by atoms with Crippen LogP contribution in [-0.2, 0) is 0 Å². The third-order valence-electron chi connectivity index (χ3n) is 2.27. The van der Waals surface area contributed by atoms with Crippen LogP contribution in [0.5, 0.6) is 0 Å². The quantitative estimate of drug-likeness (QED) is 0.541. The molecule has 0 unspecified atom stereocenters. The summed E-state index contributed by atoms with van der Waals surface area (Å²) in [5.74, 6) is 0.140. The molecule has 0 spiro atoms. The Morgan fingerprint density at radius 1 is 1.07 bits per heavy atom. The third kappa shape index (κ3) is 6.13. The Labute approximate surface area is 86.1 Å². The van der Waals surface area contributed by atoms with E-state index in [1.807, 2.05) is 13.8 Å². The molecular formula is C11H22O3. The highest BCUT2D eigenvalue weighted by atomic mass is 16.3. The van der Waals surface area contributed by atoms with Crippen molar-refractivity contribution in [3.8, 4) is 0 Å². The van der Waals surface area contributed by atoms with Crippen LogP contribution < -0.4 is 0 Å². The minimum absolute atomic E-state index is 0.140. The standard InChI is InChI=1S/C11H22O3/c1-4-5-9(12)6-10(13)7-11(14)8(2)3/h4,8-14H,1,5-7H2,2-3H3/t9-,10-,11-/m0/s1. The van der Waals surface area contributed by atoms with Crippen LogP contribution in [0.4, 0.5) is 0 Å². The van der Waals surface area contributed by atoms with Crippen molar-refractivity contribution in [3.63, 3.8) is 0 Å². The molecule has 3 atom stereocenters. The van der Waals surface area contributed by atoms with E-state index in [9.17, 15) is 15.3 Å². The zero-order valence-electron chi connectivity index (χ0n) is 9.06. The molecule has 0 amide bonds. The maximum absolute atomic E-state index is 9.51.